The molecular weight excluding hydrogens is 610 g/mol. The van der Waals surface area contributed by atoms with Crippen molar-refractivity contribution < 1.29 is 32.4 Å². The average Bonchev–Trinajstić information content (AvgIpc) is 3.49. The largest absolute Gasteiger partial charge is 0.495 e. The van der Waals surface area contributed by atoms with E-state index in [9.17, 15) is 22.5 Å². The highest BCUT2D eigenvalue weighted by Gasteiger charge is 2.36. The summed E-state index contributed by atoms with van der Waals surface area (Å²) in [6.45, 7) is 2.48. The molecule has 0 saturated carbocycles. The maximum absolute atomic E-state index is 14.0. The number of anilines is 4. The first kappa shape index (κ1) is 33.5. The highest BCUT2D eigenvalue weighted by molar-refractivity contribution is 7.43. The maximum Gasteiger partial charge on any atom is 0.421 e. The first-order valence-corrected chi connectivity index (χ1v) is 16.0. The molecule has 0 spiro atoms. The Balaban J connectivity index is 1.67. The number of hydrogen-bond donors (Lipinski definition) is 4. The van der Waals surface area contributed by atoms with Gasteiger partial charge in [-0.15, -0.1) is 0 Å². The van der Waals surface area contributed by atoms with E-state index < -0.39 is 31.3 Å². The van der Waals surface area contributed by atoms with Crippen LogP contribution >= 0.6 is 7.80 Å². The van der Waals surface area contributed by atoms with Crippen molar-refractivity contribution >= 4 is 36.8 Å². The lowest BCUT2D eigenvalue weighted by Crippen LogP contribution is -2.20. The van der Waals surface area contributed by atoms with Gasteiger partial charge in [-0.1, -0.05) is 19.1 Å². The number of ether oxygens (including phenoxy) is 1. The zero-order chi connectivity index (χ0) is 32.6. The number of carbonyl (C=O) groups is 1. The number of benzene rings is 2. The number of aliphatic hydroxyl groups excluding tert-OH is 1. The SMILES string of the molecule is CCC[PH](=O)Cc1ccc(Nc2ncc(C(F)(F)F)c(Nc3ccc(-c4cnn(CCCO)c4)cc3C(=O)NC)n2)c(OC)c1. The fourth-order valence-corrected chi connectivity index (χ4v) is 5.97. The van der Waals surface area contributed by atoms with Crippen LogP contribution in [0.2, 0.25) is 0 Å². The lowest BCUT2D eigenvalue weighted by atomic mass is 10.0. The molecule has 2 heterocycles. The van der Waals surface area contributed by atoms with Crippen molar-refractivity contribution in [3.8, 4) is 16.9 Å². The second-order valence-corrected chi connectivity index (χ2v) is 12.0. The third-order valence-electron chi connectivity index (χ3n) is 6.79. The fourth-order valence-electron chi connectivity index (χ4n) is 4.56. The first-order chi connectivity index (χ1) is 21.6. The highest BCUT2D eigenvalue weighted by Crippen LogP contribution is 2.38. The third-order valence-corrected chi connectivity index (χ3v) is 8.65. The number of rotatable bonds is 14. The molecule has 15 heteroatoms. The molecular formula is C30H35F3N7O4P. The number of aliphatic hydroxyl groups is 1. The van der Waals surface area contributed by atoms with Gasteiger partial charge in [0.1, 0.15) is 17.1 Å². The number of methoxy groups -OCH3 is 1. The van der Waals surface area contributed by atoms with Crippen LogP contribution in [0.5, 0.6) is 5.75 Å². The van der Waals surface area contributed by atoms with Crippen molar-refractivity contribution in [2.45, 2.75) is 38.6 Å². The topological polar surface area (TPSA) is 143 Å². The molecule has 1 unspecified atom stereocenters. The van der Waals surface area contributed by atoms with Gasteiger partial charge in [-0.25, -0.2) is 4.98 Å². The molecule has 2 aromatic heterocycles. The van der Waals surface area contributed by atoms with Crippen LogP contribution in [0.3, 0.4) is 0 Å². The van der Waals surface area contributed by atoms with Crippen LogP contribution in [-0.4, -0.2) is 57.7 Å². The molecule has 11 nitrogen and oxygen atoms in total. The van der Waals surface area contributed by atoms with E-state index in [4.69, 9.17) is 9.84 Å². The van der Waals surface area contributed by atoms with Gasteiger partial charge in [0.2, 0.25) is 5.95 Å². The van der Waals surface area contributed by atoms with Gasteiger partial charge in [-0.3, -0.25) is 9.48 Å². The standard InChI is InChI=1S/C30H35F3N7O4P/c1-4-12-45(43)18-19-6-8-25(26(13-19)44-3)38-29-35-16-23(30(31,32)33)27(39-29)37-24-9-7-20(14-22(24)28(42)34-2)21-15-36-40(17-21)10-5-11-41/h6-9,13-17,41,45H,4-5,10-12,18H2,1-3H3,(H,34,42)(H2,35,37,38,39). The van der Waals surface area contributed by atoms with Gasteiger partial charge in [0.05, 0.1) is 38.0 Å². The summed E-state index contributed by atoms with van der Waals surface area (Å²) in [6.07, 6.45) is 1.61. The molecule has 4 aromatic rings. The Morgan fingerprint density at radius 3 is 2.56 bits per heavy atom. The third kappa shape index (κ3) is 8.61. The molecule has 2 aromatic carbocycles. The molecule has 0 aliphatic rings. The monoisotopic (exact) mass is 645 g/mol. The number of aryl methyl sites for hydroxylation is 1. The summed E-state index contributed by atoms with van der Waals surface area (Å²) in [7, 11) is 1.09. The lowest BCUT2D eigenvalue weighted by Gasteiger charge is -2.18. The number of nitrogens with zero attached hydrogens (tertiary/aromatic N) is 4. The Kier molecular flexibility index (Phi) is 11.2. The Hall–Kier alpha value is -4.42. The number of halogens is 3. The molecule has 240 valence electrons. The van der Waals surface area contributed by atoms with Crippen molar-refractivity contribution in [2.75, 3.05) is 37.6 Å². The molecule has 0 aliphatic heterocycles. The van der Waals surface area contributed by atoms with Crippen LogP contribution in [0.4, 0.5) is 36.3 Å². The fraction of sp³-hybridized carbons (Fsp3) is 0.333. The zero-order valence-corrected chi connectivity index (χ0v) is 26.0. The van der Waals surface area contributed by atoms with Crippen LogP contribution in [0.1, 0.15) is 41.3 Å². The molecule has 0 bridgehead atoms. The zero-order valence-electron chi connectivity index (χ0n) is 25.0. The molecule has 0 radical (unpaired) electrons. The predicted octanol–water partition coefficient (Wildman–Crippen LogP) is 6.07. The smallest absolute Gasteiger partial charge is 0.421 e. The minimum atomic E-state index is -4.80. The quantitative estimate of drug-likeness (QED) is 0.120. The van der Waals surface area contributed by atoms with E-state index in [1.54, 1.807) is 47.4 Å². The van der Waals surface area contributed by atoms with Crippen molar-refractivity contribution in [1.82, 2.24) is 25.1 Å². The lowest BCUT2D eigenvalue weighted by molar-refractivity contribution is -0.137. The van der Waals surface area contributed by atoms with Crippen LogP contribution in [0.25, 0.3) is 11.1 Å². The Labute approximate surface area is 259 Å². The summed E-state index contributed by atoms with van der Waals surface area (Å²) in [4.78, 5) is 20.8. The Bertz CT molecular complexity index is 1660. The maximum atomic E-state index is 14.0. The van der Waals surface area contributed by atoms with E-state index in [1.807, 2.05) is 6.92 Å². The van der Waals surface area contributed by atoms with Crippen LogP contribution in [0.15, 0.2) is 55.0 Å². The Morgan fingerprint density at radius 1 is 1.09 bits per heavy atom. The van der Waals surface area contributed by atoms with Gasteiger partial charge < -0.3 is 30.4 Å². The number of amides is 1. The van der Waals surface area contributed by atoms with Crippen molar-refractivity contribution in [1.29, 1.82) is 0 Å². The van der Waals surface area contributed by atoms with Crippen LogP contribution < -0.4 is 20.7 Å². The predicted molar refractivity (Wildman–Crippen MR) is 167 cm³/mol. The molecule has 0 aliphatic carbocycles. The molecule has 45 heavy (non-hydrogen) atoms. The van der Waals surface area contributed by atoms with Gasteiger partial charge in [0.15, 0.2) is 0 Å². The van der Waals surface area contributed by atoms with Crippen molar-refractivity contribution in [3.05, 3.63) is 71.7 Å². The minimum absolute atomic E-state index is 0.0133. The van der Waals surface area contributed by atoms with Gasteiger partial charge in [0, 0.05) is 44.3 Å². The number of hydrogen-bond acceptors (Lipinski definition) is 9. The van der Waals surface area contributed by atoms with E-state index in [-0.39, 0.29) is 23.8 Å². The molecule has 0 fully saturated rings. The second kappa shape index (κ2) is 15.0. The van der Waals surface area contributed by atoms with E-state index in [2.05, 4.69) is 31.0 Å². The van der Waals surface area contributed by atoms with E-state index in [0.29, 0.717) is 54.1 Å². The van der Waals surface area contributed by atoms with E-state index in [0.717, 1.165) is 12.0 Å². The average molecular weight is 646 g/mol. The summed E-state index contributed by atoms with van der Waals surface area (Å²) in [5, 5.41) is 21.4. The van der Waals surface area contributed by atoms with E-state index in [1.165, 1.54) is 20.2 Å². The minimum Gasteiger partial charge on any atom is -0.495 e. The van der Waals surface area contributed by atoms with E-state index >= 15 is 0 Å². The number of alkyl halides is 3. The van der Waals surface area contributed by atoms with Gasteiger partial charge in [-0.05, 0) is 54.4 Å². The summed E-state index contributed by atoms with van der Waals surface area (Å²) in [6, 6.07) is 9.84. The van der Waals surface area contributed by atoms with Crippen molar-refractivity contribution in [3.63, 3.8) is 0 Å². The first-order valence-electron chi connectivity index (χ1n) is 14.2. The molecule has 4 N–H and O–H groups in total. The highest BCUT2D eigenvalue weighted by atomic mass is 31.1. The van der Waals surface area contributed by atoms with Crippen molar-refractivity contribution in [2.24, 2.45) is 0 Å². The second-order valence-electron chi connectivity index (χ2n) is 10.1. The summed E-state index contributed by atoms with van der Waals surface area (Å²) < 4.78 is 61.5. The number of nitrogens with one attached hydrogen (secondary N) is 3. The number of aromatic nitrogens is 4. The van der Waals surface area contributed by atoms with Crippen LogP contribution in [-0.2, 0) is 23.4 Å². The molecule has 1 atom stereocenters. The summed E-state index contributed by atoms with van der Waals surface area (Å²) in [5.41, 5.74) is 1.56. The number of carbonyl (C=O) groups excluding carboxylic acids is 1. The Morgan fingerprint density at radius 2 is 1.87 bits per heavy atom. The molecule has 4 rings (SSSR count). The van der Waals surface area contributed by atoms with Gasteiger partial charge >= 0.3 is 6.18 Å². The molecule has 0 saturated heterocycles. The summed E-state index contributed by atoms with van der Waals surface area (Å²) >= 11 is 0. The summed E-state index contributed by atoms with van der Waals surface area (Å²) in [5.74, 6) is -0.860. The van der Waals surface area contributed by atoms with Gasteiger partial charge in [0.25, 0.3) is 5.91 Å². The molecule has 1 amide bonds. The van der Waals surface area contributed by atoms with Gasteiger partial charge in [-0.2, -0.15) is 23.3 Å². The van der Waals surface area contributed by atoms with Crippen LogP contribution in [0, 0.1) is 0 Å². The normalized spacial score (nSPS) is 12.1.